The third-order valence-electron chi connectivity index (χ3n) is 5.05. The monoisotopic (exact) mass is 485 g/mol. The highest BCUT2D eigenvalue weighted by Crippen LogP contribution is 2.20. The maximum atomic E-state index is 13.0. The van der Waals surface area contributed by atoms with Gasteiger partial charge in [-0.05, 0) is 43.2 Å². The SMILES string of the molecule is CC(NC(=O)[C@H](CCC(N)=O)n1cc(CNc2ncccc2C(=O)O)nn1)c1ccc(Cl)cc1. The predicted molar refractivity (Wildman–Crippen MR) is 124 cm³/mol. The molecule has 3 aromatic rings. The van der Waals surface area contributed by atoms with Crippen molar-refractivity contribution < 1.29 is 19.5 Å². The van der Waals surface area contributed by atoms with Crippen molar-refractivity contribution in [3.8, 4) is 0 Å². The first-order valence-corrected chi connectivity index (χ1v) is 10.8. The Morgan fingerprint density at radius 2 is 1.94 bits per heavy atom. The number of hydrogen-bond donors (Lipinski definition) is 4. The number of carbonyl (C=O) groups is 3. The van der Waals surface area contributed by atoms with Gasteiger partial charge >= 0.3 is 5.97 Å². The van der Waals surface area contributed by atoms with E-state index >= 15 is 0 Å². The second-order valence-corrected chi connectivity index (χ2v) is 7.99. The van der Waals surface area contributed by atoms with E-state index in [-0.39, 0.29) is 42.7 Å². The predicted octanol–water partition coefficient (Wildman–Crippen LogP) is 2.32. The molecule has 0 spiro atoms. The van der Waals surface area contributed by atoms with E-state index < -0.39 is 17.9 Å². The number of nitrogens with one attached hydrogen (secondary N) is 2. The zero-order valence-electron chi connectivity index (χ0n) is 18.3. The summed E-state index contributed by atoms with van der Waals surface area (Å²) in [6, 6.07) is 8.91. The van der Waals surface area contributed by atoms with Crippen LogP contribution in [0, 0.1) is 0 Å². The van der Waals surface area contributed by atoms with Crippen LogP contribution in [0.2, 0.25) is 5.02 Å². The summed E-state index contributed by atoms with van der Waals surface area (Å²) in [5, 5.41) is 23.8. The molecule has 0 aliphatic rings. The Labute approximate surface area is 200 Å². The van der Waals surface area contributed by atoms with E-state index in [1.54, 1.807) is 18.3 Å². The third-order valence-corrected chi connectivity index (χ3v) is 5.30. The molecule has 0 saturated heterocycles. The van der Waals surface area contributed by atoms with Gasteiger partial charge in [0, 0.05) is 17.6 Å². The first kappa shape index (κ1) is 24.6. The lowest BCUT2D eigenvalue weighted by atomic mass is 10.1. The van der Waals surface area contributed by atoms with Crippen molar-refractivity contribution in [1.82, 2.24) is 25.3 Å². The molecule has 2 heterocycles. The Bertz CT molecular complexity index is 1170. The molecule has 1 aromatic carbocycles. The van der Waals surface area contributed by atoms with Crippen LogP contribution in [-0.2, 0) is 16.1 Å². The van der Waals surface area contributed by atoms with E-state index in [4.69, 9.17) is 17.3 Å². The molecule has 34 heavy (non-hydrogen) atoms. The average Bonchev–Trinajstić information content (AvgIpc) is 3.26. The van der Waals surface area contributed by atoms with Gasteiger partial charge in [-0.1, -0.05) is 28.9 Å². The molecule has 2 amide bonds. The number of pyridine rings is 1. The number of halogens is 1. The summed E-state index contributed by atoms with van der Waals surface area (Å²) in [6.07, 6.45) is 3.14. The van der Waals surface area contributed by atoms with Crippen molar-refractivity contribution in [3.05, 3.63) is 70.6 Å². The molecular formula is C22H24ClN7O4. The number of nitrogens with two attached hydrogens (primary N) is 1. The van der Waals surface area contributed by atoms with Crippen LogP contribution in [0.1, 0.15) is 53.5 Å². The maximum absolute atomic E-state index is 13.0. The van der Waals surface area contributed by atoms with Gasteiger partial charge in [0.05, 0.1) is 18.8 Å². The molecule has 1 unspecified atom stereocenters. The van der Waals surface area contributed by atoms with Crippen molar-refractivity contribution in [2.45, 2.75) is 38.4 Å². The number of amides is 2. The molecule has 12 heteroatoms. The summed E-state index contributed by atoms with van der Waals surface area (Å²) in [5.41, 5.74) is 6.62. The lowest BCUT2D eigenvalue weighted by Gasteiger charge is -2.20. The highest BCUT2D eigenvalue weighted by atomic mass is 35.5. The summed E-state index contributed by atoms with van der Waals surface area (Å²) in [5.74, 6) is -1.82. The van der Waals surface area contributed by atoms with Crippen LogP contribution in [0.25, 0.3) is 0 Å². The Hall–Kier alpha value is -3.99. The number of anilines is 1. The van der Waals surface area contributed by atoms with Crippen molar-refractivity contribution in [2.75, 3.05) is 5.32 Å². The summed E-state index contributed by atoms with van der Waals surface area (Å²) < 4.78 is 1.36. The van der Waals surface area contributed by atoms with Gasteiger partial charge in [-0.3, -0.25) is 9.59 Å². The Morgan fingerprint density at radius 1 is 1.21 bits per heavy atom. The minimum atomic E-state index is -1.11. The zero-order chi connectivity index (χ0) is 24.7. The molecule has 0 fully saturated rings. The van der Waals surface area contributed by atoms with Gasteiger partial charge < -0.3 is 21.5 Å². The quantitative estimate of drug-likeness (QED) is 0.321. The van der Waals surface area contributed by atoms with Crippen LogP contribution >= 0.6 is 11.6 Å². The van der Waals surface area contributed by atoms with Crippen molar-refractivity contribution >= 4 is 35.2 Å². The second-order valence-electron chi connectivity index (χ2n) is 7.55. The van der Waals surface area contributed by atoms with Gasteiger partial charge in [0.1, 0.15) is 23.1 Å². The third kappa shape index (κ3) is 6.51. The molecule has 0 aliphatic heterocycles. The number of aromatic nitrogens is 4. The van der Waals surface area contributed by atoms with E-state index in [1.807, 2.05) is 19.1 Å². The van der Waals surface area contributed by atoms with Crippen LogP contribution in [0.5, 0.6) is 0 Å². The fraction of sp³-hybridized carbons (Fsp3) is 0.273. The molecule has 178 valence electrons. The summed E-state index contributed by atoms with van der Waals surface area (Å²) in [7, 11) is 0. The normalized spacial score (nSPS) is 12.5. The fourth-order valence-corrected chi connectivity index (χ4v) is 3.37. The molecule has 0 saturated carbocycles. The number of rotatable bonds is 11. The summed E-state index contributed by atoms with van der Waals surface area (Å²) in [6.45, 7) is 1.96. The standard InChI is InChI=1S/C22H24ClN7O4/c1-13(14-4-6-15(23)7-5-14)27-21(32)18(8-9-19(24)31)30-12-16(28-29-30)11-26-20-17(22(33)34)3-2-10-25-20/h2-7,10,12-13,18H,8-9,11H2,1H3,(H2,24,31)(H,25,26)(H,27,32)(H,33,34)/t13?,18-/m0/s1. The maximum Gasteiger partial charge on any atom is 0.339 e. The minimum Gasteiger partial charge on any atom is -0.478 e. The lowest BCUT2D eigenvalue weighted by molar-refractivity contribution is -0.126. The van der Waals surface area contributed by atoms with Crippen LogP contribution in [0.4, 0.5) is 5.82 Å². The number of benzene rings is 1. The van der Waals surface area contributed by atoms with Gasteiger partial charge in [-0.25, -0.2) is 14.5 Å². The minimum absolute atomic E-state index is 0.0171. The van der Waals surface area contributed by atoms with Crippen molar-refractivity contribution in [2.24, 2.45) is 5.73 Å². The van der Waals surface area contributed by atoms with Gasteiger partial charge in [0.2, 0.25) is 11.8 Å². The highest BCUT2D eigenvalue weighted by Gasteiger charge is 2.24. The highest BCUT2D eigenvalue weighted by molar-refractivity contribution is 6.30. The van der Waals surface area contributed by atoms with Gasteiger partial charge in [-0.15, -0.1) is 5.10 Å². The van der Waals surface area contributed by atoms with E-state index in [0.29, 0.717) is 10.7 Å². The number of nitrogens with zero attached hydrogens (tertiary/aromatic N) is 4. The van der Waals surface area contributed by atoms with Gasteiger partial charge in [0.15, 0.2) is 0 Å². The number of carboxylic acid groups (broad SMARTS) is 1. The molecule has 0 radical (unpaired) electrons. The van der Waals surface area contributed by atoms with Gasteiger partial charge in [0.25, 0.3) is 0 Å². The number of aromatic carboxylic acids is 1. The molecule has 5 N–H and O–H groups in total. The molecule has 11 nitrogen and oxygen atoms in total. The van der Waals surface area contributed by atoms with Crippen molar-refractivity contribution in [1.29, 1.82) is 0 Å². The van der Waals surface area contributed by atoms with Crippen LogP contribution < -0.4 is 16.4 Å². The van der Waals surface area contributed by atoms with E-state index in [9.17, 15) is 19.5 Å². The fourth-order valence-electron chi connectivity index (χ4n) is 3.25. The molecule has 2 atom stereocenters. The molecular weight excluding hydrogens is 462 g/mol. The van der Waals surface area contributed by atoms with Crippen LogP contribution in [-0.4, -0.2) is 42.9 Å². The second kappa shape index (κ2) is 11.2. The largest absolute Gasteiger partial charge is 0.478 e. The Morgan fingerprint density at radius 3 is 2.62 bits per heavy atom. The summed E-state index contributed by atoms with van der Waals surface area (Å²) in [4.78, 5) is 39.8. The lowest BCUT2D eigenvalue weighted by Crippen LogP contribution is -2.35. The molecule has 0 aliphatic carbocycles. The average molecular weight is 486 g/mol. The van der Waals surface area contributed by atoms with E-state index in [1.165, 1.54) is 23.0 Å². The zero-order valence-corrected chi connectivity index (χ0v) is 19.1. The number of carboxylic acids is 1. The van der Waals surface area contributed by atoms with Crippen molar-refractivity contribution in [3.63, 3.8) is 0 Å². The first-order valence-electron chi connectivity index (χ1n) is 10.4. The smallest absolute Gasteiger partial charge is 0.339 e. The number of primary amides is 1. The number of carbonyl (C=O) groups excluding carboxylic acids is 2. The van der Waals surface area contributed by atoms with Crippen LogP contribution in [0.15, 0.2) is 48.8 Å². The Balaban J connectivity index is 1.72. The van der Waals surface area contributed by atoms with E-state index in [2.05, 4.69) is 25.9 Å². The topological polar surface area (TPSA) is 165 Å². The first-order chi connectivity index (χ1) is 16.2. The Kier molecular flexibility index (Phi) is 8.14. The molecule has 2 aromatic heterocycles. The molecule has 0 bridgehead atoms. The summed E-state index contributed by atoms with van der Waals surface area (Å²) >= 11 is 5.93. The van der Waals surface area contributed by atoms with Gasteiger partial charge in [-0.2, -0.15) is 0 Å². The number of hydrogen-bond acceptors (Lipinski definition) is 7. The molecule has 3 rings (SSSR count). The van der Waals surface area contributed by atoms with E-state index in [0.717, 1.165) is 5.56 Å². The van der Waals surface area contributed by atoms with Crippen LogP contribution in [0.3, 0.4) is 0 Å².